The van der Waals surface area contributed by atoms with Gasteiger partial charge in [-0.05, 0) is 36.8 Å². The average molecular weight is 401 g/mol. The van der Waals surface area contributed by atoms with Gasteiger partial charge in [-0.3, -0.25) is 4.40 Å². The van der Waals surface area contributed by atoms with Crippen molar-refractivity contribution in [1.82, 2.24) is 14.4 Å². The smallest absolute Gasteiger partial charge is 0.160 e. The summed E-state index contributed by atoms with van der Waals surface area (Å²) in [6.07, 6.45) is 8.95. The van der Waals surface area contributed by atoms with Gasteiger partial charge in [0.1, 0.15) is 11.5 Å². The molecule has 0 bridgehead atoms. The zero-order valence-electron chi connectivity index (χ0n) is 19.0. The number of hydrogen-bond donors (Lipinski definition) is 0. The number of imidazole rings is 1. The number of fused-ring (bicyclic) bond motifs is 5. The molecule has 1 fully saturated rings. The maximum Gasteiger partial charge on any atom is 0.160 e. The topological polar surface area (TPSA) is 42.5 Å². The van der Waals surface area contributed by atoms with Gasteiger partial charge in [-0.2, -0.15) is 0 Å². The number of aliphatic imine (C=N–C) groups is 1. The molecule has 3 aromatic rings. The summed E-state index contributed by atoms with van der Waals surface area (Å²) in [6.45, 7) is 13.7. The molecule has 0 saturated heterocycles. The van der Waals surface area contributed by atoms with Crippen molar-refractivity contribution in [1.29, 1.82) is 0 Å². The third-order valence-electron chi connectivity index (χ3n) is 7.50. The first-order valence-corrected chi connectivity index (χ1v) is 11.3. The van der Waals surface area contributed by atoms with Crippen LogP contribution in [0.25, 0.3) is 16.7 Å². The number of hydrogen-bond acceptors (Lipinski definition) is 3. The van der Waals surface area contributed by atoms with E-state index in [9.17, 15) is 0 Å². The van der Waals surface area contributed by atoms with Gasteiger partial charge >= 0.3 is 0 Å². The monoisotopic (exact) mass is 400 g/mol. The van der Waals surface area contributed by atoms with Crippen LogP contribution in [-0.2, 0) is 5.41 Å². The SMILES string of the molecule is CCC=CC1(C2CC=Nc3nc(C(C)(C)C)n4c(nc5ccccc54)c32)C(C)C1C. The van der Waals surface area contributed by atoms with Gasteiger partial charge in [-0.1, -0.05) is 65.8 Å². The van der Waals surface area contributed by atoms with Crippen molar-refractivity contribution in [2.24, 2.45) is 22.2 Å². The van der Waals surface area contributed by atoms with Gasteiger partial charge in [0.15, 0.2) is 5.82 Å². The average Bonchev–Trinajstić information content (AvgIpc) is 3.07. The molecular formula is C26H32N4. The zero-order valence-corrected chi connectivity index (χ0v) is 19.0. The normalized spacial score (nSPS) is 28.5. The largest absolute Gasteiger partial charge is 0.279 e. The van der Waals surface area contributed by atoms with Crippen molar-refractivity contribution >= 4 is 28.7 Å². The summed E-state index contributed by atoms with van der Waals surface area (Å²) in [4.78, 5) is 15.1. The minimum absolute atomic E-state index is 0.112. The first-order chi connectivity index (χ1) is 14.3. The number of rotatable bonds is 3. The second kappa shape index (κ2) is 6.50. The maximum atomic E-state index is 5.16. The number of aromatic nitrogens is 3. The standard InChI is InChI=1S/C26H32N4/c1-7-8-14-26(16(2)17(26)3)18-13-15-27-22-21(18)23-28-19-11-9-10-12-20(19)30(23)24(29-22)25(4,5)6/h8-12,14-18H,7,13H2,1-6H3. The van der Waals surface area contributed by atoms with Gasteiger partial charge in [-0.15, -0.1) is 0 Å². The predicted molar refractivity (Wildman–Crippen MR) is 125 cm³/mol. The Bertz CT molecular complexity index is 1180. The number of nitrogens with zero attached hydrogens (tertiary/aromatic N) is 4. The van der Waals surface area contributed by atoms with Crippen LogP contribution in [-0.4, -0.2) is 20.6 Å². The van der Waals surface area contributed by atoms with E-state index in [1.165, 1.54) is 5.56 Å². The highest BCUT2D eigenvalue weighted by atomic mass is 15.1. The molecule has 0 N–H and O–H groups in total. The Hall–Kier alpha value is -2.49. The zero-order chi connectivity index (χ0) is 21.3. The molecule has 156 valence electrons. The molecule has 3 atom stereocenters. The Balaban J connectivity index is 1.85. The molecule has 3 heterocycles. The first-order valence-electron chi connectivity index (χ1n) is 11.3. The van der Waals surface area contributed by atoms with E-state index in [0.29, 0.717) is 17.8 Å². The molecule has 30 heavy (non-hydrogen) atoms. The van der Waals surface area contributed by atoms with E-state index >= 15 is 0 Å². The first kappa shape index (κ1) is 19.5. The van der Waals surface area contributed by atoms with E-state index in [-0.39, 0.29) is 10.8 Å². The van der Waals surface area contributed by atoms with Crippen LogP contribution in [0, 0.1) is 17.3 Å². The van der Waals surface area contributed by atoms with Gasteiger partial charge < -0.3 is 0 Å². The summed E-state index contributed by atoms with van der Waals surface area (Å²) in [7, 11) is 0. The fraction of sp³-hybridized carbons (Fsp3) is 0.500. The van der Waals surface area contributed by atoms with E-state index in [1.54, 1.807) is 0 Å². The Morgan fingerprint density at radius 2 is 1.87 bits per heavy atom. The number of allylic oxidation sites excluding steroid dienone is 2. The van der Waals surface area contributed by atoms with Crippen LogP contribution in [0.1, 0.15) is 71.7 Å². The second-order valence-corrected chi connectivity index (χ2v) is 10.2. The highest BCUT2D eigenvalue weighted by molar-refractivity contribution is 5.85. The lowest BCUT2D eigenvalue weighted by molar-refractivity contribution is 0.443. The van der Waals surface area contributed by atoms with Crippen LogP contribution < -0.4 is 0 Å². The van der Waals surface area contributed by atoms with Crippen molar-refractivity contribution in [3.05, 3.63) is 47.8 Å². The summed E-state index contributed by atoms with van der Waals surface area (Å²) in [5.74, 6) is 3.55. The van der Waals surface area contributed by atoms with Crippen molar-refractivity contribution in [2.75, 3.05) is 0 Å². The third kappa shape index (κ3) is 2.55. The van der Waals surface area contributed by atoms with E-state index in [4.69, 9.17) is 15.0 Å². The second-order valence-electron chi connectivity index (χ2n) is 10.2. The number of benzene rings is 1. The lowest BCUT2D eigenvalue weighted by Gasteiger charge is -2.31. The fourth-order valence-electron chi connectivity index (χ4n) is 5.68. The predicted octanol–water partition coefficient (Wildman–Crippen LogP) is 6.61. The Labute approximate surface area is 179 Å². The molecule has 0 radical (unpaired) electrons. The third-order valence-corrected chi connectivity index (χ3v) is 7.50. The molecule has 4 heteroatoms. The molecule has 4 nitrogen and oxygen atoms in total. The Morgan fingerprint density at radius 3 is 2.53 bits per heavy atom. The molecule has 0 amide bonds. The van der Waals surface area contributed by atoms with Gasteiger partial charge in [0, 0.05) is 28.5 Å². The Morgan fingerprint density at radius 1 is 1.13 bits per heavy atom. The number of para-hydroxylation sites is 2. The van der Waals surface area contributed by atoms with Gasteiger partial charge in [0.2, 0.25) is 0 Å². The maximum absolute atomic E-state index is 5.16. The van der Waals surface area contributed by atoms with Gasteiger partial charge in [0.25, 0.3) is 0 Å². The highest BCUT2D eigenvalue weighted by Crippen LogP contribution is 2.69. The molecule has 0 spiro atoms. The quantitative estimate of drug-likeness (QED) is 0.464. The van der Waals surface area contributed by atoms with Crippen LogP contribution in [0.5, 0.6) is 0 Å². The summed E-state index contributed by atoms with van der Waals surface area (Å²) < 4.78 is 2.30. The molecule has 2 aromatic heterocycles. The van der Waals surface area contributed by atoms with Gasteiger partial charge in [-0.25, -0.2) is 15.0 Å². The fourth-order valence-corrected chi connectivity index (χ4v) is 5.68. The molecule has 3 unspecified atom stereocenters. The lowest BCUT2D eigenvalue weighted by atomic mass is 9.77. The summed E-state index contributed by atoms with van der Waals surface area (Å²) >= 11 is 0. The van der Waals surface area contributed by atoms with Crippen LogP contribution in [0.4, 0.5) is 5.82 Å². The molecule has 2 aliphatic rings. The van der Waals surface area contributed by atoms with Crippen molar-refractivity contribution in [3.8, 4) is 0 Å². The van der Waals surface area contributed by atoms with E-state index in [2.05, 4.69) is 88.6 Å². The molecule has 1 aliphatic carbocycles. The minimum atomic E-state index is -0.112. The summed E-state index contributed by atoms with van der Waals surface area (Å²) in [5, 5.41) is 0. The lowest BCUT2D eigenvalue weighted by Crippen LogP contribution is -2.24. The molecule has 1 aliphatic heterocycles. The van der Waals surface area contributed by atoms with Crippen molar-refractivity contribution in [3.63, 3.8) is 0 Å². The molecular weight excluding hydrogens is 368 g/mol. The van der Waals surface area contributed by atoms with Crippen LogP contribution in [0.3, 0.4) is 0 Å². The molecule has 1 saturated carbocycles. The van der Waals surface area contributed by atoms with E-state index < -0.39 is 0 Å². The van der Waals surface area contributed by atoms with Crippen LogP contribution in [0.2, 0.25) is 0 Å². The minimum Gasteiger partial charge on any atom is -0.279 e. The molecule has 5 rings (SSSR count). The van der Waals surface area contributed by atoms with Crippen molar-refractivity contribution in [2.45, 2.75) is 65.7 Å². The van der Waals surface area contributed by atoms with E-state index in [0.717, 1.165) is 41.2 Å². The van der Waals surface area contributed by atoms with Crippen LogP contribution in [0.15, 0.2) is 41.4 Å². The van der Waals surface area contributed by atoms with E-state index in [1.807, 2.05) is 0 Å². The van der Waals surface area contributed by atoms with Gasteiger partial charge in [0.05, 0.1) is 11.0 Å². The summed E-state index contributed by atoms with van der Waals surface area (Å²) in [6, 6.07) is 8.43. The molecule has 1 aromatic carbocycles. The Kier molecular flexibility index (Phi) is 4.22. The highest BCUT2D eigenvalue weighted by Gasteiger charge is 2.62. The van der Waals surface area contributed by atoms with Crippen LogP contribution >= 0.6 is 0 Å². The summed E-state index contributed by atoms with van der Waals surface area (Å²) in [5.41, 5.74) is 4.50. The van der Waals surface area contributed by atoms with Crippen molar-refractivity contribution < 1.29 is 0 Å².